The minimum Gasteiger partial charge on any atom is -0.366 e. The number of hydrogen-bond donors (Lipinski definition) is 1. The maximum absolute atomic E-state index is 11.3. The highest BCUT2D eigenvalue weighted by atomic mass is 19.1. The van der Waals surface area contributed by atoms with Gasteiger partial charge in [-0.1, -0.05) is 6.58 Å². The molecule has 0 saturated heterocycles. The molecular formula is C5H8FNO. The van der Waals surface area contributed by atoms with Gasteiger partial charge in [-0.05, 0) is 0 Å². The van der Waals surface area contributed by atoms with Crippen molar-refractivity contribution in [2.45, 2.75) is 6.42 Å². The summed E-state index contributed by atoms with van der Waals surface area (Å²) >= 11 is 0. The molecule has 0 aromatic rings. The van der Waals surface area contributed by atoms with E-state index in [2.05, 4.69) is 6.58 Å². The van der Waals surface area contributed by atoms with Crippen molar-refractivity contribution in [3.63, 3.8) is 0 Å². The first kappa shape index (κ1) is 7.14. The van der Waals surface area contributed by atoms with E-state index < -0.39 is 12.6 Å². The minimum absolute atomic E-state index is 0.0509. The maximum Gasteiger partial charge on any atom is 0.244 e. The number of nitrogens with two attached hydrogens (primary N) is 1. The van der Waals surface area contributed by atoms with Crippen LogP contribution in [0.3, 0.4) is 0 Å². The summed E-state index contributed by atoms with van der Waals surface area (Å²) in [5, 5.41) is 0. The summed E-state index contributed by atoms with van der Waals surface area (Å²) < 4.78 is 11.3. The number of carbonyl (C=O) groups excluding carboxylic acids is 1. The van der Waals surface area contributed by atoms with Crippen molar-refractivity contribution in [2.24, 2.45) is 5.73 Å². The SMILES string of the molecule is C=C(CCF)C(N)=O. The van der Waals surface area contributed by atoms with E-state index in [-0.39, 0.29) is 12.0 Å². The van der Waals surface area contributed by atoms with Crippen LogP contribution in [0.1, 0.15) is 6.42 Å². The number of amides is 1. The molecule has 1 amide bonds. The number of primary amides is 1. The normalized spacial score (nSPS) is 8.62. The Kier molecular flexibility index (Phi) is 2.84. The molecule has 0 bridgehead atoms. The van der Waals surface area contributed by atoms with Gasteiger partial charge in [0.05, 0.1) is 6.67 Å². The number of carbonyl (C=O) groups is 1. The molecule has 0 fully saturated rings. The molecule has 0 spiro atoms. The molecule has 2 nitrogen and oxygen atoms in total. The Morgan fingerprint density at radius 3 is 2.38 bits per heavy atom. The second kappa shape index (κ2) is 3.18. The third-order valence-corrected chi connectivity index (χ3v) is 0.745. The van der Waals surface area contributed by atoms with Crippen molar-refractivity contribution in [3.8, 4) is 0 Å². The van der Waals surface area contributed by atoms with Gasteiger partial charge in [-0.25, -0.2) is 0 Å². The lowest BCUT2D eigenvalue weighted by Crippen LogP contribution is -2.13. The number of alkyl halides is 1. The highest BCUT2D eigenvalue weighted by Gasteiger charge is 1.98. The first-order valence-corrected chi connectivity index (χ1v) is 2.22. The first-order valence-electron chi connectivity index (χ1n) is 2.22. The summed E-state index contributed by atoms with van der Waals surface area (Å²) in [6, 6.07) is 0. The number of halogens is 1. The molecule has 0 aromatic carbocycles. The number of hydrogen-bond acceptors (Lipinski definition) is 1. The zero-order chi connectivity index (χ0) is 6.57. The molecule has 3 heteroatoms. The van der Waals surface area contributed by atoms with Crippen molar-refractivity contribution in [1.29, 1.82) is 0 Å². The molecule has 0 aromatic heterocycles. The summed E-state index contributed by atoms with van der Waals surface area (Å²) in [7, 11) is 0. The molecule has 2 N–H and O–H groups in total. The van der Waals surface area contributed by atoms with Crippen LogP contribution in [0.4, 0.5) is 4.39 Å². The van der Waals surface area contributed by atoms with Gasteiger partial charge in [0.1, 0.15) is 0 Å². The Bertz CT molecular complexity index is 111. The van der Waals surface area contributed by atoms with Crippen molar-refractivity contribution in [3.05, 3.63) is 12.2 Å². The van der Waals surface area contributed by atoms with E-state index in [4.69, 9.17) is 5.73 Å². The molecule has 0 saturated carbocycles. The van der Waals surface area contributed by atoms with Crippen molar-refractivity contribution in [2.75, 3.05) is 6.67 Å². The summed E-state index contributed by atoms with van der Waals surface area (Å²) in [6.45, 7) is 2.66. The maximum atomic E-state index is 11.3. The van der Waals surface area contributed by atoms with E-state index in [1.54, 1.807) is 0 Å². The van der Waals surface area contributed by atoms with E-state index in [1.165, 1.54) is 0 Å². The van der Waals surface area contributed by atoms with Crippen LogP contribution in [0, 0.1) is 0 Å². The Morgan fingerprint density at radius 2 is 2.25 bits per heavy atom. The standard InChI is InChI=1S/C5H8FNO/c1-4(2-3-6)5(7)8/h1-3H2,(H2,7,8). The Balaban J connectivity index is 3.49. The van der Waals surface area contributed by atoms with Gasteiger partial charge in [0.15, 0.2) is 0 Å². The van der Waals surface area contributed by atoms with E-state index in [0.717, 1.165) is 0 Å². The second-order valence-electron chi connectivity index (χ2n) is 1.41. The predicted molar refractivity (Wildman–Crippen MR) is 28.9 cm³/mol. The van der Waals surface area contributed by atoms with Crippen LogP contribution in [0.2, 0.25) is 0 Å². The van der Waals surface area contributed by atoms with Crippen LogP contribution < -0.4 is 5.73 Å². The molecule has 0 aliphatic heterocycles. The molecule has 0 aliphatic carbocycles. The lowest BCUT2D eigenvalue weighted by Gasteiger charge is -1.91. The monoisotopic (exact) mass is 117 g/mol. The van der Waals surface area contributed by atoms with Gasteiger partial charge in [0, 0.05) is 12.0 Å². The van der Waals surface area contributed by atoms with Crippen LogP contribution in [0.5, 0.6) is 0 Å². The summed E-state index contributed by atoms with van der Waals surface area (Å²) in [4.78, 5) is 10.0. The van der Waals surface area contributed by atoms with Crippen LogP contribution >= 0.6 is 0 Å². The highest BCUT2D eigenvalue weighted by molar-refractivity contribution is 5.91. The van der Waals surface area contributed by atoms with Gasteiger partial charge in [-0.2, -0.15) is 0 Å². The first-order chi connectivity index (χ1) is 3.68. The Morgan fingerprint density at radius 1 is 1.75 bits per heavy atom. The summed E-state index contributed by atoms with van der Waals surface area (Å²) in [5.74, 6) is -0.623. The average Bonchev–Trinajstić information content (AvgIpc) is 1.67. The smallest absolute Gasteiger partial charge is 0.244 e. The molecular weight excluding hydrogens is 109 g/mol. The van der Waals surface area contributed by atoms with Gasteiger partial charge in [-0.15, -0.1) is 0 Å². The quantitative estimate of drug-likeness (QED) is 0.534. The molecule has 8 heavy (non-hydrogen) atoms. The van der Waals surface area contributed by atoms with E-state index in [0.29, 0.717) is 0 Å². The third-order valence-electron chi connectivity index (χ3n) is 0.745. The largest absolute Gasteiger partial charge is 0.366 e. The topological polar surface area (TPSA) is 43.1 Å². The summed E-state index contributed by atoms with van der Waals surface area (Å²) in [5.41, 5.74) is 4.86. The molecule has 0 aliphatic rings. The minimum atomic E-state index is -0.623. The predicted octanol–water partition coefficient (Wildman–Crippen LogP) is 0.388. The van der Waals surface area contributed by atoms with Gasteiger partial charge >= 0.3 is 0 Å². The van der Waals surface area contributed by atoms with Gasteiger partial charge in [0.25, 0.3) is 0 Å². The Hall–Kier alpha value is -0.860. The van der Waals surface area contributed by atoms with Crippen LogP contribution in [0.25, 0.3) is 0 Å². The van der Waals surface area contributed by atoms with Crippen LogP contribution in [0.15, 0.2) is 12.2 Å². The molecule has 0 atom stereocenters. The highest BCUT2D eigenvalue weighted by Crippen LogP contribution is 1.94. The third kappa shape index (κ3) is 2.34. The van der Waals surface area contributed by atoms with Crippen LogP contribution in [-0.4, -0.2) is 12.6 Å². The lowest BCUT2D eigenvalue weighted by molar-refractivity contribution is -0.114. The lowest BCUT2D eigenvalue weighted by atomic mass is 10.2. The van der Waals surface area contributed by atoms with Gasteiger partial charge in [-0.3, -0.25) is 9.18 Å². The van der Waals surface area contributed by atoms with Gasteiger partial charge in [0.2, 0.25) is 5.91 Å². The Labute approximate surface area is 47.2 Å². The zero-order valence-electron chi connectivity index (χ0n) is 4.48. The van der Waals surface area contributed by atoms with Crippen LogP contribution in [-0.2, 0) is 4.79 Å². The second-order valence-corrected chi connectivity index (χ2v) is 1.41. The van der Waals surface area contributed by atoms with E-state index in [1.807, 2.05) is 0 Å². The molecule has 0 unspecified atom stereocenters. The fourth-order valence-electron chi connectivity index (χ4n) is 0.237. The van der Waals surface area contributed by atoms with Gasteiger partial charge < -0.3 is 5.73 Å². The van der Waals surface area contributed by atoms with Crippen molar-refractivity contribution in [1.82, 2.24) is 0 Å². The molecule has 46 valence electrons. The summed E-state index contributed by atoms with van der Waals surface area (Å²) in [6.07, 6.45) is 0.0509. The zero-order valence-corrected chi connectivity index (χ0v) is 4.48. The average molecular weight is 117 g/mol. The molecule has 0 radical (unpaired) electrons. The van der Waals surface area contributed by atoms with Crippen molar-refractivity contribution >= 4 is 5.91 Å². The van der Waals surface area contributed by atoms with Crippen molar-refractivity contribution < 1.29 is 9.18 Å². The fraction of sp³-hybridized carbons (Fsp3) is 0.400. The van der Waals surface area contributed by atoms with E-state index >= 15 is 0 Å². The molecule has 0 heterocycles. The van der Waals surface area contributed by atoms with E-state index in [9.17, 15) is 9.18 Å². The fourth-order valence-corrected chi connectivity index (χ4v) is 0.237. The molecule has 0 rings (SSSR count). The number of rotatable bonds is 3.